The van der Waals surface area contributed by atoms with Crippen molar-refractivity contribution in [2.24, 2.45) is 0 Å². The van der Waals surface area contributed by atoms with Crippen LogP contribution in [-0.2, 0) is 20.0 Å². The number of nitrogens with zero attached hydrogens (tertiary/aromatic N) is 2. The van der Waals surface area contributed by atoms with Crippen LogP contribution in [0.4, 0.5) is 0 Å². The highest BCUT2D eigenvalue weighted by molar-refractivity contribution is 7.90. The number of hydrogen-bond donors (Lipinski definition) is 3. The van der Waals surface area contributed by atoms with Crippen molar-refractivity contribution in [1.82, 2.24) is 9.80 Å². The lowest BCUT2D eigenvalue weighted by Crippen LogP contribution is -2.51. The zero-order chi connectivity index (χ0) is 17.0. The minimum Gasteiger partial charge on any atom is -0.391 e. The molecule has 2 atom stereocenters. The minimum absolute atomic E-state index is 0.138. The molecule has 11 heteroatoms. The van der Waals surface area contributed by atoms with Gasteiger partial charge in [-0.05, 0) is 0 Å². The first kappa shape index (κ1) is 19.7. The molecular weight excluding hydrogens is 336 g/mol. The third-order valence-electron chi connectivity index (χ3n) is 3.30. The number of rotatable bonds is 8. The van der Waals surface area contributed by atoms with Crippen molar-refractivity contribution in [2.45, 2.75) is 12.2 Å². The maximum Gasteiger partial charge on any atom is 0.267 e. The molecule has 0 radical (unpaired) electrons. The van der Waals surface area contributed by atoms with E-state index in [0.717, 1.165) is 6.26 Å². The van der Waals surface area contributed by atoms with Crippen molar-refractivity contribution in [1.29, 1.82) is 0 Å². The van der Waals surface area contributed by atoms with Gasteiger partial charge in [-0.15, -0.1) is 0 Å². The van der Waals surface area contributed by atoms with Gasteiger partial charge in [0, 0.05) is 45.5 Å². The monoisotopic (exact) mass is 360 g/mol. The Kier molecular flexibility index (Phi) is 7.18. The fraction of sp³-hybridized carbons (Fsp3) is 1.00. The number of β-amino-alcohol motifs (C(OH)–C–C–N with tert-alkyl or cyclic N) is 2. The lowest BCUT2D eigenvalue weighted by Gasteiger charge is -2.36. The fourth-order valence-electron chi connectivity index (χ4n) is 2.45. The summed E-state index contributed by atoms with van der Waals surface area (Å²) in [7, 11) is -7.41. The molecule has 1 aliphatic rings. The van der Waals surface area contributed by atoms with Crippen LogP contribution >= 0.6 is 0 Å². The molecule has 1 heterocycles. The van der Waals surface area contributed by atoms with Gasteiger partial charge >= 0.3 is 0 Å². The summed E-state index contributed by atoms with van der Waals surface area (Å²) in [6.07, 6.45) is -1.02. The summed E-state index contributed by atoms with van der Waals surface area (Å²) in [6, 6.07) is 0. The summed E-state index contributed by atoms with van der Waals surface area (Å²) in [5, 5.41) is 19.3. The predicted octanol–water partition coefficient (Wildman–Crippen LogP) is -2.74. The highest BCUT2D eigenvalue weighted by Gasteiger charge is 2.23. The second-order valence-electron chi connectivity index (χ2n) is 5.75. The molecule has 0 aromatic rings. The molecule has 9 nitrogen and oxygen atoms in total. The van der Waals surface area contributed by atoms with Crippen LogP contribution in [-0.4, -0.2) is 111 Å². The van der Waals surface area contributed by atoms with E-state index in [2.05, 4.69) is 0 Å². The Hall–Kier alpha value is -0.300. The van der Waals surface area contributed by atoms with Crippen molar-refractivity contribution < 1.29 is 31.6 Å². The summed E-state index contributed by atoms with van der Waals surface area (Å²) >= 11 is 0. The predicted molar refractivity (Wildman–Crippen MR) is 81.0 cm³/mol. The summed E-state index contributed by atoms with van der Waals surface area (Å²) < 4.78 is 52.2. The number of aliphatic hydroxyl groups excluding tert-OH is 2. The Morgan fingerprint density at radius 2 is 1.23 bits per heavy atom. The van der Waals surface area contributed by atoms with E-state index >= 15 is 0 Å². The minimum atomic E-state index is -4.20. The lowest BCUT2D eigenvalue weighted by molar-refractivity contribution is 0.0586. The highest BCUT2D eigenvalue weighted by Crippen LogP contribution is 2.05. The molecule has 1 rings (SSSR count). The first-order valence-electron chi connectivity index (χ1n) is 6.88. The summed E-state index contributed by atoms with van der Waals surface area (Å²) in [5.41, 5.74) is 0. The maximum absolute atomic E-state index is 11.1. The van der Waals surface area contributed by atoms with Crippen LogP contribution in [0, 0.1) is 0 Å². The zero-order valence-electron chi connectivity index (χ0n) is 12.5. The van der Waals surface area contributed by atoms with Crippen molar-refractivity contribution in [3.05, 3.63) is 0 Å². The second kappa shape index (κ2) is 7.99. The molecule has 0 spiro atoms. The molecule has 3 N–H and O–H groups in total. The van der Waals surface area contributed by atoms with E-state index in [9.17, 15) is 27.0 Å². The molecule has 1 saturated heterocycles. The number of sulfone groups is 1. The van der Waals surface area contributed by atoms with Crippen molar-refractivity contribution in [2.75, 3.05) is 57.0 Å². The van der Waals surface area contributed by atoms with E-state index in [-0.39, 0.29) is 18.8 Å². The van der Waals surface area contributed by atoms with Crippen LogP contribution in [0.2, 0.25) is 0 Å². The van der Waals surface area contributed by atoms with E-state index < -0.39 is 37.9 Å². The molecule has 0 aromatic heterocycles. The van der Waals surface area contributed by atoms with Gasteiger partial charge in [-0.2, -0.15) is 8.42 Å². The topological polar surface area (TPSA) is 135 Å². The molecule has 0 saturated carbocycles. The van der Waals surface area contributed by atoms with Gasteiger partial charge in [0.05, 0.1) is 18.0 Å². The van der Waals surface area contributed by atoms with Gasteiger partial charge in [0.2, 0.25) is 0 Å². The van der Waals surface area contributed by atoms with E-state index in [1.807, 2.05) is 9.80 Å². The smallest absolute Gasteiger partial charge is 0.267 e. The van der Waals surface area contributed by atoms with Gasteiger partial charge in [0.25, 0.3) is 10.1 Å². The summed E-state index contributed by atoms with van der Waals surface area (Å²) in [6.45, 7) is 2.69. The average molecular weight is 360 g/mol. The first-order chi connectivity index (χ1) is 9.94. The molecule has 1 aliphatic heterocycles. The van der Waals surface area contributed by atoms with Crippen molar-refractivity contribution >= 4 is 20.0 Å². The molecule has 0 aliphatic carbocycles. The normalized spacial score (nSPS) is 21.6. The summed E-state index contributed by atoms with van der Waals surface area (Å²) in [4.78, 5) is 3.77. The first-order valence-corrected chi connectivity index (χ1v) is 10.6. The second-order valence-corrected chi connectivity index (χ2v) is 9.43. The zero-order valence-corrected chi connectivity index (χ0v) is 14.1. The Labute approximate surface area is 131 Å². The number of piperazine rings is 1. The van der Waals surface area contributed by atoms with E-state index in [0.29, 0.717) is 26.2 Å². The van der Waals surface area contributed by atoms with Gasteiger partial charge in [0.15, 0.2) is 0 Å². The van der Waals surface area contributed by atoms with Crippen LogP contribution in [0.25, 0.3) is 0 Å². The van der Waals surface area contributed by atoms with Gasteiger partial charge in [-0.25, -0.2) is 8.42 Å². The molecule has 22 heavy (non-hydrogen) atoms. The molecule has 132 valence electrons. The number of aliphatic hydroxyl groups is 2. The molecular formula is C11H24N2O7S2. The quantitative estimate of drug-likeness (QED) is 0.394. The molecule has 0 unspecified atom stereocenters. The van der Waals surface area contributed by atoms with Gasteiger partial charge in [0.1, 0.15) is 15.6 Å². The van der Waals surface area contributed by atoms with E-state index in [4.69, 9.17) is 4.55 Å². The Bertz CT molecular complexity index is 491. The van der Waals surface area contributed by atoms with Crippen molar-refractivity contribution in [3.63, 3.8) is 0 Å². The highest BCUT2D eigenvalue weighted by atomic mass is 32.2. The van der Waals surface area contributed by atoms with Crippen molar-refractivity contribution in [3.8, 4) is 0 Å². The molecule has 0 bridgehead atoms. The standard InChI is InChI=1S/C11H24N2O7S2/c1-21(16,17)8-10(14)6-12-2-4-13(5-3-12)7-11(15)9-22(18,19)20/h10-11,14-15H,2-9H2,1H3,(H,18,19,20)/t10-,11-/m1/s1. The van der Waals surface area contributed by atoms with Crippen LogP contribution in [0.5, 0.6) is 0 Å². The molecule has 1 fully saturated rings. The molecule has 0 aromatic carbocycles. The van der Waals surface area contributed by atoms with E-state index in [1.54, 1.807) is 0 Å². The number of hydrogen-bond acceptors (Lipinski definition) is 8. The molecule has 0 amide bonds. The summed E-state index contributed by atoms with van der Waals surface area (Å²) in [5.74, 6) is -0.972. The average Bonchev–Trinajstić information content (AvgIpc) is 2.26. The van der Waals surface area contributed by atoms with Gasteiger partial charge < -0.3 is 10.2 Å². The fourth-order valence-corrected chi connectivity index (χ4v) is 3.84. The Morgan fingerprint density at radius 3 is 1.55 bits per heavy atom. The third kappa shape index (κ3) is 8.98. The van der Waals surface area contributed by atoms with Gasteiger partial charge in [-0.1, -0.05) is 0 Å². The van der Waals surface area contributed by atoms with Gasteiger partial charge in [-0.3, -0.25) is 14.4 Å². The van der Waals surface area contributed by atoms with Crippen LogP contribution < -0.4 is 0 Å². The SMILES string of the molecule is CS(=O)(=O)C[C@H](O)CN1CCN(C[C@@H](O)CS(=O)(=O)O)CC1. The Balaban J connectivity index is 2.31. The third-order valence-corrected chi connectivity index (χ3v) is 5.10. The maximum atomic E-state index is 11.1. The largest absolute Gasteiger partial charge is 0.391 e. The lowest BCUT2D eigenvalue weighted by atomic mass is 10.2. The van der Waals surface area contributed by atoms with E-state index in [1.165, 1.54) is 0 Å². The van der Waals surface area contributed by atoms with Crippen LogP contribution in [0.15, 0.2) is 0 Å². The Morgan fingerprint density at radius 1 is 0.864 bits per heavy atom. The van der Waals surface area contributed by atoms with Crippen LogP contribution in [0.1, 0.15) is 0 Å². The van der Waals surface area contributed by atoms with Crippen LogP contribution in [0.3, 0.4) is 0 Å².